The Morgan fingerprint density at radius 3 is 2.78 bits per heavy atom. The molecule has 1 aromatic carbocycles. The number of nitrogens with zero attached hydrogens (tertiary/aromatic N) is 3. The van der Waals surface area contributed by atoms with Crippen molar-refractivity contribution < 1.29 is 9.90 Å². The van der Waals surface area contributed by atoms with Crippen LogP contribution in [0.3, 0.4) is 0 Å². The summed E-state index contributed by atoms with van der Waals surface area (Å²) in [5, 5.41) is 14.9. The van der Waals surface area contributed by atoms with E-state index in [9.17, 15) is 9.90 Å². The van der Waals surface area contributed by atoms with Crippen LogP contribution in [0, 0.1) is 13.5 Å². The first-order valence-corrected chi connectivity index (χ1v) is 8.01. The van der Waals surface area contributed by atoms with Crippen LogP contribution in [0.1, 0.15) is 18.1 Å². The van der Waals surface area contributed by atoms with Gasteiger partial charge in [-0.2, -0.15) is 5.10 Å². The van der Waals surface area contributed by atoms with Gasteiger partial charge in [0.05, 0.1) is 18.1 Å². The van der Waals surface area contributed by atoms with Crippen LogP contribution in [0.4, 0.5) is 5.69 Å². The number of carbonyl (C=O) groups is 1. The van der Waals surface area contributed by atoms with Gasteiger partial charge in [0.1, 0.15) is 10.2 Å². The van der Waals surface area contributed by atoms with Crippen LogP contribution < -0.4 is 0 Å². The van der Waals surface area contributed by atoms with E-state index < -0.39 is 5.60 Å². The van der Waals surface area contributed by atoms with E-state index in [1.54, 1.807) is 24.4 Å². The minimum atomic E-state index is -1.57. The first-order valence-electron chi connectivity index (χ1n) is 6.84. The summed E-state index contributed by atoms with van der Waals surface area (Å²) in [7, 11) is 0. The van der Waals surface area contributed by atoms with E-state index >= 15 is 0 Å². The Labute approximate surface area is 147 Å². The van der Waals surface area contributed by atoms with Gasteiger partial charge in [-0.05, 0) is 40.9 Å². The van der Waals surface area contributed by atoms with Crippen LogP contribution in [0.5, 0.6) is 0 Å². The molecule has 1 heterocycles. The third kappa shape index (κ3) is 4.20. The van der Waals surface area contributed by atoms with Crippen molar-refractivity contribution in [1.82, 2.24) is 9.78 Å². The second-order valence-electron chi connectivity index (χ2n) is 5.57. The van der Waals surface area contributed by atoms with Crippen molar-refractivity contribution in [2.75, 3.05) is 0 Å². The molecule has 0 spiro atoms. The monoisotopic (exact) mass is 395 g/mol. The highest BCUT2D eigenvalue weighted by atomic mass is 79.9. The summed E-state index contributed by atoms with van der Waals surface area (Å²) in [6, 6.07) is 5.21. The summed E-state index contributed by atoms with van der Waals surface area (Å²) in [4.78, 5) is 15.8. The van der Waals surface area contributed by atoms with E-state index in [-0.39, 0.29) is 18.7 Å². The number of rotatable bonds is 5. The van der Waals surface area contributed by atoms with Gasteiger partial charge in [0.25, 0.3) is 0 Å². The molecular formula is C16H15BrClN3O2. The van der Waals surface area contributed by atoms with Gasteiger partial charge in [0.2, 0.25) is 0 Å². The Kier molecular flexibility index (Phi) is 5.25. The highest BCUT2D eigenvalue weighted by molar-refractivity contribution is 9.10. The molecule has 0 bridgehead atoms. The molecule has 0 aliphatic rings. The van der Waals surface area contributed by atoms with Gasteiger partial charge in [-0.3, -0.25) is 9.48 Å². The zero-order valence-electron chi connectivity index (χ0n) is 12.7. The maximum absolute atomic E-state index is 12.4. The van der Waals surface area contributed by atoms with Crippen molar-refractivity contribution in [2.45, 2.75) is 32.4 Å². The highest BCUT2D eigenvalue weighted by Gasteiger charge is 2.31. The number of aromatic nitrogens is 2. The number of benzene rings is 1. The van der Waals surface area contributed by atoms with Gasteiger partial charge in [0, 0.05) is 12.6 Å². The van der Waals surface area contributed by atoms with Crippen LogP contribution in [0.15, 0.2) is 29.0 Å². The average Bonchev–Trinajstić information content (AvgIpc) is 2.76. The molecule has 2 aromatic rings. The molecule has 0 aliphatic heterocycles. The lowest BCUT2D eigenvalue weighted by molar-refractivity contribution is -0.136. The van der Waals surface area contributed by atoms with Gasteiger partial charge in [-0.25, -0.2) is 4.85 Å². The predicted molar refractivity (Wildman–Crippen MR) is 91.7 cm³/mol. The summed E-state index contributed by atoms with van der Waals surface area (Å²) in [6.45, 7) is 10.3. The summed E-state index contributed by atoms with van der Waals surface area (Å²) in [6.07, 6.45) is 1.63. The zero-order valence-corrected chi connectivity index (χ0v) is 15.0. The minimum Gasteiger partial charge on any atom is -0.380 e. The van der Waals surface area contributed by atoms with E-state index in [0.717, 1.165) is 11.1 Å². The lowest BCUT2D eigenvalue weighted by atomic mass is 9.94. The lowest BCUT2D eigenvalue weighted by Gasteiger charge is -2.22. The van der Waals surface area contributed by atoms with Crippen LogP contribution in [-0.4, -0.2) is 26.3 Å². The molecule has 1 N–H and O–H groups in total. The molecule has 0 radical (unpaired) electrons. The molecule has 1 atom stereocenters. The summed E-state index contributed by atoms with van der Waals surface area (Å²) >= 11 is 9.07. The zero-order chi connectivity index (χ0) is 17.2. The van der Waals surface area contributed by atoms with Crippen molar-refractivity contribution in [3.05, 3.63) is 56.6 Å². The summed E-state index contributed by atoms with van der Waals surface area (Å²) in [5.41, 5.74) is 0.567. The molecule has 1 aromatic heterocycles. The highest BCUT2D eigenvalue weighted by Crippen LogP contribution is 2.23. The Morgan fingerprint density at radius 1 is 1.57 bits per heavy atom. The number of Topliss-reactive ketones (excluding diaryl/α,β-unsaturated/α-hetero) is 1. The van der Waals surface area contributed by atoms with Crippen LogP contribution in [0.25, 0.3) is 4.85 Å². The number of ketones is 1. The largest absolute Gasteiger partial charge is 0.380 e. The number of carbonyl (C=O) groups excluding carboxylic acids is 1. The van der Waals surface area contributed by atoms with Crippen molar-refractivity contribution in [3.8, 4) is 0 Å². The molecule has 120 valence electrons. The molecule has 2 rings (SSSR count). The number of aryl methyl sites for hydroxylation is 1. The van der Waals surface area contributed by atoms with Gasteiger partial charge >= 0.3 is 0 Å². The molecule has 7 heteroatoms. The Morgan fingerprint density at radius 2 is 2.26 bits per heavy atom. The first kappa shape index (κ1) is 17.7. The van der Waals surface area contributed by atoms with Crippen molar-refractivity contribution in [1.29, 1.82) is 0 Å². The first-order chi connectivity index (χ1) is 10.7. The smallest absolute Gasteiger partial charge is 0.190 e. The molecule has 0 amide bonds. The van der Waals surface area contributed by atoms with Crippen LogP contribution >= 0.6 is 27.5 Å². The van der Waals surface area contributed by atoms with E-state index in [2.05, 4.69) is 25.9 Å². The molecule has 0 saturated heterocycles. The van der Waals surface area contributed by atoms with E-state index in [1.807, 2.05) is 6.92 Å². The second-order valence-corrected chi connectivity index (χ2v) is 6.73. The minimum absolute atomic E-state index is 0.0102. The SMILES string of the molecule is [C-]#[N+]c1ccc(CC(=O)[C@@](C)(O)Cn2cc(Cl)c(Br)n2)cc1C. The average molecular weight is 397 g/mol. The Balaban J connectivity index is 2.12. The second kappa shape index (κ2) is 6.83. The van der Waals surface area contributed by atoms with E-state index in [0.29, 0.717) is 15.3 Å². The fraction of sp³-hybridized carbons (Fsp3) is 0.312. The fourth-order valence-electron chi connectivity index (χ4n) is 2.19. The van der Waals surface area contributed by atoms with E-state index in [1.165, 1.54) is 11.6 Å². The van der Waals surface area contributed by atoms with Crippen molar-refractivity contribution >= 4 is 39.0 Å². The van der Waals surface area contributed by atoms with E-state index in [4.69, 9.17) is 18.2 Å². The number of hydrogen-bond acceptors (Lipinski definition) is 3. The summed E-state index contributed by atoms with van der Waals surface area (Å²) in [5.74, 6) is -0.324. The maximum atomic E-state index is 12.4. The summed E-state index contributed by atoms with van der Waals surface area (Å²) < 4.78 is 1.89. The number of hydrogen-bond donors (Lipinski definition) is 1. The van der Waals surface area contributed by atoms with Crippen LogP contribution in [0.2, 0.25) is 5.02 Å². The Bertz CT molecular complexity index is 774. The molecule has 0 fully saturated rings. The lowest BCUT2D eigenvalue weighted by Crippen LogP contribution is -2.40. The third-order valence-electron chi connectivity index (χ3n) is 3.49. The molecule has 0 unspecified atom stereocenters. The molecule has 0 aliphatic carbocycles. The number of aliphatic hydroxyl groups is 1. The van der Waals surface area contributed by atoms with Gasteiger partial charge in [-0.15, -0.1) is 0 Å². The quantitative estimate of drug-likeness (QED) is 0.784. The molecule has 5 nitrogen and oxygen atoms in total. The van der Waals surface area contributed by atoms with Gasteiger partial charge in [0.15, 0.2) is 11.5 Å². The predicted octanol–water partition coefficient (Wildman–Crippen LogP) is 3.72. The fourth-order valence-corrected chi connectivity index (χ4v) is 2.64. The standard InChI is InChI=1S/C16H15BrClN3O2/c1-10-6-11(4-5-13(10)19-3)7-14(22)16(2,23)9-21-8-12(18)15(17)20-21/h4-6,8,23H,7,9H2,1-2H3/t16-/m0/s1. The number of halogens is 2. The third-order valence-corrected chi connectivity index (χ3v) is 4.58. The molecule has 23 heavy (non-hydrogen) atoms. The topological polar surface area (TPSA) is 59.5 Å². The molecular weight excluding hydrogens is 382 g/mol. The normalized spacial score (nSPS) is 13.4. The maximum Gasteiger partial charge on any atom is 0.190 e. The van der Waals surface area contributed by atoms with Crippen molar-refractivity contribution in [2.24, 2.45) is 0 Å². The molecule has 0 saturated carbocycles. The van der Waals surface area contributed by atoms with Gasteiger partial charge < -0.3 is 5.11 Å². The van der Waals surface area contributed by atoms with Crippen molar-refractivity contribution in [3.63, 3.8) is 0 Å². The Hall–Kier alpha value is -1.68. The van der Waals surface area contributed by atoms with Crippen LogP contribution in [-0.2, 0) is 17.8 Å². The van der Waals surface area contributed by atoms with Gasteiger partial charge in [-0.1, -0.05) is 29.8 Å².